The number of anilines is 1. The molecule has 11 heteroatoms. The van der Waals surface area contributed by atoms with Crippen molar-refractivity contribution in [3.63, 3.8) is 0 Å². The summed E-state index contributed by atoms with van der Waals surface area (Å²) in [5.74, 6) is -0.858. The number of nitrogens with one attached hydrogen (secondary N) is 1. The Balaban J connectivity index is 1.91. The zero-order valence-electron chi connectivity index (χ0n) is 22.3. The second-order valence-corrected chi connectivity index (χ2v) is 11.3. The molecule has 2 aromatic rings. The summed E-state index contributed by atoms with van der Waals surface area (Å²) in [4.78, 5) is 28.1. The minimum atomic E-state index is -3.93. The van der Waals surface area contributed by atoms with Crippen molar-refractivity contribution in [1.82, 2.24) is 10.2 Å². The minimum Gasteiger partial charge on any atom is -0.493 e. The average molecular weight is 550 g/mol. The number of amides is 2. The third-order valence-corrected chi connectivity index (χ3v) is 7.89. The number of nitrogens with zero attached hydrogens (tertiary/aromatic N) is 2. The van der Waals surface area contributed by atoms with E-state index < -0.39 is 34.3 Å². The molecule has 1 aliphatic rings. The normalized spacial score (nSPS) is 14.9. The summed E-state index contributed by atoms with van der Waals surface area (Å²) in [6.45, 7) is 0.774. The molecule has 2 aromatic carbocycles. The molecule has 9 nitrogen and oxygen atoms in total. The summed E-state index contributed by atoms with van der Waals surface area (Å²) in [7, 11) is -1.05. The number of halogens is 1. The lowest BCUT2D eigenvalue weighted by Gasteiger charge is -2.33. The van der Waals surface area contributed by atoms with Crippen LogP contribution in [0.25, 0.3) is 0 Å². The van der Waals surface area contributed by atoms with Gasteiger partial charge in [-0.05, 0) is 38.0 Å². The Morgan fingerprint density at radius 1 is 1.05 bits per heavy atom. The first-order valence-corrected chi connectivity index (χ1v) is 14.4. The van der Waals surface area contributed by atoms with E-state index in [1.165, 1.54) is 55.5 Å². The molecule has 0 heterocycles. The van der Waals surface area contributed by atoms with E-state index >= 15 is 0 Å². The van der Waals surface area contributed by atoms with E-state index in [0.29, 0.717) is 5.75 Å². The molecule has 1 unspecified atom stereocenters. The molecular formula is C27H36FN3O6S. The third-order valence-electron chi connectivity index (χ3n) is 6.75. The first-order valence-electron chi connectivity index (χ1n) is 12.6. The van der Waals surface area contributed by atoms with E-state index in [-0.39, 0.29) is 35.5 Å². The molecule has 3 rings (SSSR count). The SMILES string of the molecule is COc1ccc(N(CC(=O)N(Cc2ccccc2F)C(C)C(=O)NC2CCCCC2)S(C)(=O)=O)cc1OC. The van der Waals surface area contributed by atoms with Crippen LogP contribution >= 0.6 is 0 Å². The first kappa shape index (κ1) is 29.2. The largest absolute Gasteiger partial charge is 0.493 e. The Labute approximate surface area is 224 Å². The molecular weight excluding hydrogens is 513 g/mol. The van der Waals surface area contributed by atoms with E-state index in [4.69, 9.17) is 9.47 Å². The summed E-state index contributed by atoms with van der Waals surface area (Å²) in [5.41, 5.74) is 0.402. The van der Waals surface area contributed by atoms with Crippen molar-refractivity contribution in [2.75, 3.05) is 31.3 Å². The fourth-order valence-corrected chi connectivity index (χ4v) is 5.40. The zero-order valence-corrected chi connectivity index (χ0v) is 23.1. The summed E-state index contributed by atoms with van der Waals surface area (Å²) in [6, 6.07) is 9.52. The van der Waals surface area contributed by atoms with Crippen LogP contribution in [0, 0.1) is 5.82 Å². The van der Waals surface area contributed by atoms with E-state index in [1.807, 2.05) is 0 Å². The first-order chi connectivity index (χ1) is 18.0. The Bertz CT molecular complexity index is 1230. The van der Waals surface area contributed by atoms with Crippen LogP contribution in [0.15, 0.2) is 42.5 Å². The van der Waals surface area contributed by atoms with Crippen molar-refractivity contribution in [1.29, 1.82) is 0 Å². The van der Waals surface area contributed by atoms with Gasteiger partial charge >= 0.3 is 0 Å². The molecule has 0 aromatic heterocycles. The number of carbonyl (C=O) groups excluding carboxylic acids is 2. The van der Waals surface area contributed by atoms with Gasteiger partial charge in [-0.3, -0.25) is 13.9 Å². The van der Waals surface area contributed by atoms with Crippen LogP contribution in [0.5, 0.6) is 11.5 Å². The lowest BCUT2D eigenvalue weighted by molar-refractivity contribution is -0.139. The molecule has 1 saturated carbocycles. The van der Waals surface area contributed by atoms with E-state index in [9.17, 15) is 22.4 Å². The third kappa shape index (κ3) is 7.37. The summed E-state index contributed by atoms with van der Waals surface area (Å²) < 4.78 is 51.5. The molecule has 1 N–H and O–H groups in total. The number of ether oxygens (including phenoxy) is 2. The quantitative estimate of drug-likeness (QED) is 0.460. The van der Waals surface area contributed by atoms with Gasteiger partial charge in [0, 0.05) is 24.2 Å². The predicted octanol–water partition coefficient (Wildman–Crippen LogP) is 3.48. The van der Waals surface area contributed by atoms with Crippen molar-refractivity contribution >= 4 is 27.5 Å². The van der Waals surface area contributed by atoms with Crippen LogP contribution in [-0.4, -0.2) is 64.2 Å². The van der Waals surface area contributed by atoms with Crippen molar-refractivity contribution in [3.05, 3.63) is 53.8 Å². The number of hydrogen-bond donors (Lipinski definition) is 1. The van der Waals surface area contributed by atoms with Crippen LogP contribution in [-0.2, 0) is 26.2 Å². The lowest BCUT2D eigenvalue weighted by atomic mass is 9.95. The van der Waals surface area contributed by atoms with Crippen molar-refractivity contribution < 1.29 is 31.9 Å². The van der Waals surface area contributed by atoms with Crippen LogP contribution in [0.2, 0.25) is 0 Å². The highest BCUT2D eigenvalue weighted by Crippen LogP contribution is 2.32. The number of benzene rings is 2. The van der Waals surface area contributed by atoms with E-state index in [1.54, 1.807) is 13.0 Å². The molecule has 1 atom stereocenters. The van der Waals surface area contributed by atoms with Crippen LogP contribution in [0.3, 0.4) is 0 Å². The highest BCUT2D eigenvalue weighted by molar-refractivity contribution is 7.92. The van der Waals surface area contributed by atoms with Gasteiger partial charge in [-0.2, -0.15) is 0 Å². The van der Waals surface area contributed by atoms with Gasteiger partial charge in [0.1, 0.15) is 18.4 Å². The minimum absolute atomic E-state index is 0.0170. The van der Waals surface area contributed by atoms with Gasteiger partial charge in [-0.25, -0.2) is 12.8 Å². The summed E-state index contributed by atoms with van der Waals surface area (Å²) in [5, 5.41) is 3.01. The van der Waals surface area contributed by atoms with Gasteiger partial charge in [0.25, 0.3) is 0 Å². The fourth-order valence-electron chi connectivity index (χ4n) is 4.56. The van der Waals surface area contributed by atoms with Gasteiger partial charge in [0.15, 0.2) is 11.5 Å². The topological polar surface area (TPSA) is 105 Å². The number of sulfonamides is 1. The molecule has 0 saturated heterocycles. The molecule has 0 spiro atoms. The maximum absolute atomic E-state index is 14.6. The maximum atomic E-state index is 14.6. The summed E-state index contributed by atoms with van der Waals surface area (Å²) >= 11 is 0. The van der Waals surface area contributed by atoms with E-state index in [0.717, 1.165) is 42.7 Å². The zero-order chi connectivity index (χ0) is 27.9. The van der Waals surface area contributed by atoms with Gasteiger partial charge < -0.3 is 19.7 Å². The van der Waals surface area contributed by atoms with E-state index in [2.05, 4.69) is 5.32 Å². The molecule has 208 valence electrons. The van der Waals surface area contributed by atoms with Gasteiger partial charge in [-0.1, -0.05) is 37.5 Å². The Hall–Kier alpha value is -3.34. The average Bonchev–Trinajstić information content (AvgIpc) is 2.90. The Morgan fingerprint density at radius 3 is 2.32 bits per heavy atom. The van der Waals surface area contributed by atoms with Crippen molar-refractivity contribution in [2.24, 2.45) is 0 Å². The van der Waals surface area contributed by atoms with Gasteiger partial charge in [0.2, 0.25) is 21.8 Å². The predicted molar refractivity (Wildman–Crippen MR) is 143 cm³/mol. The monoisotopic (exact) mass is 549 g/mol. The molecule has 1 fully saturated rings. The Morgan fingerprint density at radius 2 is 1.71 bits per heavy atom. The molecule has 0 bridgehead atoms. The van der Waals surface area contributed by atoms with Gasteiger partial charge in [0.05, 0.1) is 26.2 Å². The van der Waals surface area contributed by atoms with Crippen molar-refractivity contribution in [2.45, 2.75) is 57.7 Å². The standard InChI is InChI=1S/C27H36FN3O6S/c1-19(27(33)29-21-11-6-5-7-12-21)30(17-20-10-8-9-13-23(20)28)26(32)18-31(38(4,34)35)22-14-15-24(36-2)25(16-22)37-3/h8-10,13-16,19,21H,5-7,11-12,17-18H2,1-4H3,(H,29,33). The summed E-state index contributed by atoms with van der Waals surface area (Å²) in [6.07, 6.45) is 5.87. The second-order valence-electron chi connectivity index (χ2n) is 9.44. The molecule has 0 aliphatic heterocycles. The fraction of sp³-hybridized carbons (Fsp3) is 0.481. The van der Waals surface area contributed by atoms with Gasteiger partial charge in [-0.15, -0.1) is 0 Å². The number of hydrogen-bond acceptors (Lipinski definition) is 6. The van der Waals surface area contributed by atoms with Crippen LogP contribution in [0.4, 0.5) is 10.1 Å². The van der Waals surface area contributed by atoms with Crippen molar-refractivity contribution in [3.8, 4) is 11.5 Å². The molecule has 2 amide bonds. The lowest BCUT2D eigenvalue weighted by Crippen LogP contribution is -2.53. The number of methoxy groups -OCH3 is 2. The number of carbonyl (C=O) groups is 2. The highest BCUT2D eigenvalue weighted by Gasteiger charge is 2.32. The maximum Gasteiger partial charge on any atom is 0.244 e. The molecule has 38 heavy (non-hydrogen) atoms. The highest BCUT2D eigenvalue weighted by atomic mass is 32.2. The number of rotatable bonds is 11. The molecule has 1 aliphatic carbocycles. The molecule has 0 radical (unpaired) electrons. The smallest absolute Gasteiger partial charge is 0.244 e. The van der Waals surface area contributed by atoms with Crippen LogP contribution in [0.1, 0.15) is 44.6 Å². The van der Waals surface area contributed by atoms with Crippen LogP contribution < -0.4 is 19.1 Å². The Kier molecular flexibility index (Phi) is 9.96. The second kappa shape index (κ2) is 12.9.